The summed E-state index contributed by atoms with van der Waals surface area (Å²) in [5.74, 6) is -0.335. The Labute approximate surface area is 113 Å². The van der Waals surface area contributed by atoms with Crippen molar-refractivity contribution in [2.75, 3.05) is 0 Å². The molecule has 0 amide bonds. The SMILES string of the molecule is CCc1c(-c2csc(C(=O)O)n2)oc2ccccc12. The van der Waals surface area contributed by atoms with Crippen molar-refractivity contribution < 1.29 is 14.3 Å². The number of hydrogen-bond acceptors (Lipinski definition) is 4. The minimum Gasteiger partial charge on any atom is -0.476 e. The molecule has 0 saturated heterocycles. The maximum Gasteiger partial charge on any atom is 0.365 e. The molecule has 1 N–H and O–H groups in total. The molecule has 0 spiro atoms. The molecule has 1 aromatic carbocycles. The average molecular weight is 273 g/mol. The summed E-state index contributed by atoms with van der Waals surface area (Å²) in [7, 11) is 0. The number of fused-ring (bicyclic) bond motifs is 1. The van der Waals surface area contributed by atoms with Crippen LogP contribution in [0.15, 0.2) is 34.1 Å². The van der Waals surface area contributed by atoms with Crippen LogP contribution in [0.25, 0.3) is 22.4 Å². The molecular weight excluding hydrogens is 262 g/mol. The Morgan fingerprint density at radius 1 is 1.42 bits per heavy atom. The average Bonchev–Trinajstić information content (AvgIpc) is 3.02. The fourth-order valence-corrected chi connectivity index (χ4v) is 2.77. The number of thiazole rings is 1. The molecule has 4 nitrogen and oxygen atoms in total. The second-order valence-corrected chi connectivity index (χ2v) is 4.96. The van der Waals surface area contributed by atoms with Gasteiger partial charge in [0.25, 0.3) is 0 Å². The molecule has 2 aromatic heterocycles. The summed E-state index contributed by atoms with van der Waals surface area (Å²) in [5, 5.41) is 11.8. The highest BCUT2D eigenvalue weighted by Crippen LogP contribution is 2.34. The van der Waals surface area contributed by atoms with Crippen molar-refractivity contribution in [1.82, 2.24) is 4.98 Å². The quantitative estimate of drug-likeness (QED) is 0.788. The molecule has 96 valence electrons. The molecule has 0 atom stereocenters. The second kappa shape index (κ2) is 4.51. The molecule has 0 saturated carbocycles. The van der Waals surface area contributed by atoms with E-state index in [-0.39, 0.29) is 5.01 Å². The molecular formula is C14H11NO3S. The van der Waals surface area contributed by atoms with Crippen LogP contribution in [0.1, 0.15) is 22.3 Å². The van der Waals surface area contributed by atoms with Crippen LogP contribution in [0.2, 0.25) is 0 Å². The Kier molecular flexibility index (Phi) is 2.83. The molecule has 0 aliphatic carbocycles. The molecule has 0 bridgehead atoms. The number of aromatic carboxylic acids is 1. The number of carboxylic acids is 1. The van der Waals surface area contributed by atoms with Crippen molar-refractivity contribution in [2.24, 2.45) is 0 Å². The van der Waals surface area contributed by atoms with E-state index in [0.29, 0.717) is 11.5 Å². The Morgan fingerprint density at radius 2 is 2.21 bits per heavy atom. The highest BCUT2D eigenvalue weighted by Gasteiger charge is 2.18. The van der Waals surface area contributed by atoms with Gasteiger partial charge in [0.1, 0.15) is 11.3 Å². The molecule has 2 heterocycles. The number of nitrogens with zero attached hydrogens (tertiary/aromatic N) is 1. The largest absolute Gasteiger partial charge is 0.476 e. The van der Waals surface area contributed by atoms with E-state index in [9.17, 15) is 4.79 Å². The van der Waals surface area contributed by atoms with Crippen molar-refractivity contribution in [2.45, 2.75) is 13.3 Å². The van der Waals surface area contributed by atoms with Crippen LogP contribution in [0.3, 0.4) is 0 Å². The molecule has 3 rings (SSSR count). The smallest absolute Gasteiger partial charge is 0.365 e. The first-order valence-corrected chi connectivity index (χ1v) is 6.78. The molecule has 0 aliphatic rings. The molecule has 3 aromatic rings. The standard InChI is InChI=1S/C14H11NO3S/c1-2-8-9-5-3-4-6-11(9)18-12(8)10-7-19-13(15-10)14(16)17/h3-7H,2H2,1H3,(H,16,17). The topological polar surface area (TPSA) is 63.3 Å². The van der Waals surface area contributed by atoms with Gasteiger partial charge in [-0.15, -0.1) is 11.3 Å². The number of carbonyl (C=O) groups is 1. The van der Waals surface area contributed by atoms with Crippen molar-refractivity contribution in [3.63, 3.8) is 0 Å². The molecule has 0 aliphatic heterocycles. The lowest BCUT2D eigenvalue weighted by molar-refractivity contribution is 0.0696. The molecule has 5 heteroatoms. The highest BCUT2D eigenvalue weighted by molar-refractivity contribution is 7.11. The van der Waals surface area contributed by atoms with Gasteiger partial charge in [-0.2, -0.15) is 0 Å². The number of carboxylic acid groups (broad SMARTS) is 1. The zero-order chi connectivity index (χ0) is 13.4. The van der Waals surface area contributed by atoms with Gasteiger partial charge in [-0.05, 0) is 12.5 Å². The summed E-state index contributed by atoms with van der Waals surface area (Å²) in [4.78, 5) is 15.0. The molecule has 19 heavy (non-hydrogen) atoms. The van der Waals surface area contributed by atoms with Gasteiger partial charge >= 0.3 is 5.97 Å². The van der Waals surface area contributed by atoms with Crippen LogP contribution in [0.4, 0.5) is 0 Å². The fourth-order valence-electron chi connectivity index (χ4n) is 2.13. The minimum absolute atomic E-state index is 0.0810. The van der Waals surface area contributed by atoms with E-state index in [1.165, 1.54) is 0 Å². The minimum atomic E-state index is -1.01. The summed E-state index contributed by atoms with van der Waals surface area (Å²) in [6.07, 6.45) is 0.812. The molecule has 0 fully saturated rings. The van der Waals surface area contributed by atoms with Crippen LogP contribution in [0, 0.1) is 0 Å². The van der Waals surface area contributed by atoms with Gasteiger partial charge in [-0.25, -0.2) is 9.78 Å². The summed E-state index contributed by atoms with van der Waals surface area (Å²) < 4.78 is 5.82. The predicted octanol–water partition coefficient (Wildman–Crippen LogP) is 3.82. The van der Waals surface area contributed by atoms with E-state index in [4.69, 9.17) is 9.52 Å². The summed E-state index contributed by atoms with van der Waals surface area (Å²) in [6, 6.07) is 7.79. The van der Waals surface area contributed by atoms with E-state index in [2.05, 4.69) is 4.98 Å². The number of rotatable bonds is 3. The normalized spacial score (nSPS) is 11.0. The second-order valence-electron chi connectivity index (χ2n) is 4.10. The van der Waals surface area contributed by atoms with Gasteiger partial charge in [0.05, 0.1) is 0 Å². The zero-order valence-corrected chi connectivity index (χ0v) is 11.0. The molecule has 0 unspecified atom stereocenters. The number of aromatic nitrogens is 1. The van der Waals surface area contributed by atoms with Crippen LogP contribution >= 0.6 is 11.3 Å². The third-order valence-corrected chi connectivity index (χ3v) is 3.80. The third-order valence-electron chi connectivity index (χ3n) is 2.97. The molecule has 0 radical (unpaired) electrons. The van der Waals surface area contributed by atoms with Gasteiger partial charge in [-0.1, -0.05) is 25.1 Å². The van der Waals surface area contributed by atoms with Gasteiger partial charge in [-0.3, -0.25) is 0 Å². The fraction of sp³-hybridized carbons (Fsp3) is 0.143. The van der Waals surface area contributed by atoms with Crippen molar-refractivity contribution in [3.05, 3.63) is 40.2 Å². The number of benzene rings is 1. The Hall–Kier alpha value is -2.14. The Balaban J connectivity index is 2.20. The predicted molar refractivity (Wildman–Crippen MR) is 73.7 cm³/mol. The first-order valence-electron chi connectivity index (χ1n) is 5.90. The number of furan rings is 1. The Bertz CT molecular complexity index is 757. The van der Waals surface area contributed by atoms with E-state index in [1.54, 1.807) is 5.38 Å². The van der Waals surface area contributed by atoms with E-state index >= 15 is 0 Å². The number of hydrogen-bond donors (Lipinski definition) is 1. The monoisotopic (exact) mass is 273 g/mol. The lowest BCUT2D eigenvalue weighted by Gasteiger charge is -1.95. The van der Waals surface area contributed by atoms with Gasteiger partial charge in [0.2, 0.25) is 5.01 Å². The number of aryl methyl sites for hydroxylation is 1. The van der Waals surface area contributed by atoms with Crippen molar-refractivity contribution >= 4 is 28.3 Å². The van der Waals surface area contributed by atoms with Crippen molar-refractivity contribution in [3.8, 4) is 11.5 Å². The van der Waals surface area contributed by atoms with E-state index in [0.717, 1.165) is 34.3 Å². The summed E-state index contributed by atoms with van der Waals surface area (Å²) >= 11 is 1.11. The van der Waals surface area contributed by atoms with Gasteiger partial charge in [0, 0.05) is 16.3 Å². The zero-order valence-electron chi connectivity index (χ0n) is 10.2. The van der Waals surface area contributed by atoms with Crippen LogP contribution in [-0.2, 0) is 6.42 Å². The van der Waals surface area contributed by atoms with E-state index < -0.39 is 5.97 Å². The lowest BCUT2D eigenvalue weighted by Crippen LogP contribution is -1.94. The first-order chi connectivity index (χ1) is 9.20. The maximum atomic E-state index is 10.9. The third kappa shape index (κ3) is 1.92. The van der Waals surface area contributed by atoms with E-state index in [1.807, 2.05) is 31.2 Å². The lowest BCUT2D eigenvalue weighted by atomic mass is 10.1. The number of para-hydroxylation sites is 1. The van der Waals surface area contributed by atoms with Crippen LogP contribution in [-0.4, -0.2) is 16.1 Å². The maximum absolute atomic E-state index is 10.9. The van der Waals surface area contributed by atoms with Crippen LogP contribution < -0.4 is 0 Å². The Morgan fingerprint density at radius 3 is 2.89 bits per heavy atom. The van der Waals surface area contributed by atoms with Crippen LogP contribution in [0.5, 0.6) is 0 Å². The van der Waals surface area contributed by atoms with Gasteiger partial charge in [0.15, 0.2) is 5.76 Å². The van der Waals surface area contributed by atoms with Gasteiger partial charge < -0.3 is 9.52 Å². The summed E-state index contributed by atoms with van der Waals surface area (Å²) in [6.45, 7) is 2.05. The highest BCUT2D eigenvalue weighted by atomic mass is 32.1. The first kappa shape index (κ1) is 11.9. The summed E-state index contributed by atoms with van der Waals surface area (Å²) in [5.41, 5.74) is 2.47. The van der Waals surface area contributed by atoms with Crippen molar-refractivity contribution in [1.29, 1.82) is 0 Å².